The van der Waals surface area contributed by atoms with Crippen molar-refractivity contribution in [2.45, 2.75) is 37.1 Å². The van der Waals surface area contributed by atoms with Gasteiger partial charge < -0.3 is 9.80 Å². The summed E-state index contributed by atoms with van der Waals surface area (Å²) in [5.74, 6) is 0.307. The van der Waals surface area contributed by atoms with Gasteiger partial charge in [0.05, 0.1) is 23.7 Å². The van der Waals surface area contributed by atoms with Gasteiger partial charge in [-0.25, -0.2) is 4.98 Å². The third-order valence-electron chi connectivity index (χ3n) is 4.79. The topological polar surface area (TPSA) is 53.5 Å². The van der Waals surface area contributed by atoms with E-state index in [4.69, 9.17) is 4.98 Å². The molecule has 2 amide bonds. The van der Waals surface area contributed by atoms with Crippen LogP contribution in [0.25, 0.3) is 0 Å². The molecular weight excluding hydrogens is 366 g/mol. The standard InChI is InChI=1S/C19H21N3O2S2/c1-21(10-17-20-13-6-2-4-8-15(13)26-17)18(23)11-22-14-7-3-5-9-16(14)25-12-19(22)24/h3,5,7,9H,2,4,6,8,10-12H2,1H3. The third-order valence-corrected chi connectivity index (χ3v) is 6.98. The van der Waals surface area contributed by atoms with Crippen LogP contribution < -0.4 is 4.90 Å². The Hall–Kier alpha value is -1.86. The first-order chi connectivity index (χ1) is 12.6. The van der Waals surface area contributed by atoms with Crippen LogP contribution in [0.1, 0.15) is 28.4 Å². The molecule has 2 aromatic rings. The Kier molecular flexibility index (Phi) is 5.00. The molecule has 0 bridgehead atoms. The highest BCUT2D eigenvalue weighted by Crippen LogP contribution is 2.34. The number of benzene rings is 1. The van der Waals surface area contributed by atoms with Crippen molar-refractivity contribution in [2.75, 3.05) is 24.2 Å². The SMILES string of the molecule is CN(Cc1nc2c(s1)CCCC2)C(=O)CN1C(=O)CSc2ccccc21. The number of para-hydroxylation sites is 1. The highest BCUT2D eigenvalue weighted by molar-refractivity contribution is 8.00. The van der Waals surface area contributed by atoms with Gasteiger partial charge in [-0.2, -0.15) is 0 Å². The number of fused-ring (bicyclic) bond motifs is 2. The molecule has 1 aromatic carbocycles. The summed E-state index contributed by atoms with van der Waals surface area (Å²) in [6.45, 7) is 0.590. The van der Waals surface area contributed by atoms with Crippen LogP contribution in [0.4, 0.5) is 5.69 Å². The molecule has 2 heterocycles. The molecule has 2 aliphatic rings. The number of likely N-dealkylation sites (N-methyl/N-ethyl adjacent to an activating group) is 1. The molecule has 0 saturated heterocycles. The van der Waals surface area contributed by atoms with E-state index < -0.39 is 0 Å². The molecule has 0 fully saturated rings. The first-order valence-electron chi connectivity index (χ1n) is 8.85. The summed E-state index contributed by atoms with van der Waals surface area (Å²) >= 11 is 3.26. The average Bonchev–Trinajstić information content (AvgIpc) is 3.06. The van der Waals surface area contributed by atoms with Crippen LogP contribution in [0.3, 0.4) is 0 Å². The van der Waals surface area contributed by atoms with Crippen molar-refractivity contribution in [3.05, 3.63) is 39.8 Å². The first kappa shape index (κ1) is 17.5. The number of aryl methyl sites for hydroxylation is 2. The summed E-state index contributed by atoms with van der Waals surface area (Å²) < 4.78 is 0. The van der Waals surface area contributed by atoms with Crippen LogP contribution in [0.15, 0.2) is 29.2 Å². The van der Waals surface area contributed by atoms with Crippen LogP contribution in [0.2, 0.25) is 0 Å². The van der Waals surface area contributed by atoms with Crippen molar-refractivity contribution >= 4 is 40.6 Å². The Morgan fingerprint density at radius 1 is 1.27 bits per heavy atom. The summed E-state index contributed by atoms with van der Waals surface area (Å²) in [6, 6.07) is 7.76. The van der Waals surface area contributed by atoms with Crippen LogP contribution in [0.5, 0.6) is 0 Å². The van der Waals surface area contributed by atoms with Crippen molar-refractivity contribution in [3.63, 3.8) is 0 Å². The van der Waals surface area contributed by atoms with Gasteiger partial charge in [0.2, 0.25) is 11.8 Å². The van der Waals surface area contributed by atoms with Crippen LogP contribution in [-0.2, 0) is 29.0 Å². The number of thiazole rings is 1. The molecule has 4 rings (SSSR count). The van der Waals surface area contributed by atoms with Crippen LogP contribution in [-0.4, -0.2) is 41.0 Å². The molecule has 0 spiro atoms. The van der Waals surface area contributed by atoms with E-state index in [1.165, 1.54) is 35.2 Å². The number of nitrogens with zero attached hydrogens (tertiary/aromatic N) is 3. The average molecular weight is 388 g/mol. The van der Waals surface area contributed by atoms with Gasteiger partial charge >= 0.3 is 0 Å². The second-order valence-corrected chi connectivity index (χ2v) is 8.86. The number of amides is 2. The van der Waals surface area contributed by atoms with Crippen molar-refractivity contribution in [2.24, 2.45) is 0 Å². The van der Waals surface area contributed by atoms with Gasteiger partial charge in [-0.3, -0.25) is 9.59 Å². The smallest absolute Gasteiger partial charge is 0.242 e. The number of hydrogen-bond acceptors (Lipinski definition) is 5. The molecule has 7 heteroatoms. The Morgan fingerprint density at radius 3 is 2.92 bits per heavy atom. The largest absolute Gasteiger partial charge is 0.337 e. The molecule has 5 nitrogen and oxygen atoms in total. The summed E-state index contributed by atoms with van der Waals surface area (Å²) in [7, 11) is 1.79. The minimum absolute atomic E-state index is 0.0137. The summed E-state index contributed by atoms with van der Waals surface area (Å²) in [4.78, 5) is 35.5. The fourth-order valence-electron chi connectivity index (χ4n) is 3.35. The van der Waals surface area contributed by atoms with Gasteiger partial charge in [0.25, 0.3) is 0 Å². The quantitative estimate of drug-likeness (QED) is 0.809. The van der Waals surface area contributed by atoms with Gasteiger partial charge in [0.1, 0.15) is 11.6 Å². The Bertz CT molecular complexity index is 826. The zero-order chi connectivity index (χ0) is 18.1. The molecule has 0 unspecified atom stereocenters. The van der Waals surface area contributed by atoms with Crippen LogP contribution in [0, 0.1) is 0 Å². The molecule has 26 heavy (non-hydrogen) atoms. The van der Waals surface area contributed by atoms with Gasteiger partial charge in [0.15, 0.2) is 0 Å². The van der Waals surface area contributed by atoms with Gasteiger partial charge in [-0.15, -0.1) is 23.1 Å². The lowest BCUT2D eigenvalue weighted by molar-refractivity contribution is -0.130. The highest BCUT2D eigenvalue weighted by Gasteiger charge is 2.27. The minimum atomic E-state index is -0.0618. The van der Waals surface area contributed by atoms with E-state index >= 15 is 0 Å². The summed E-state index contributed by atoms with van der Waals surface area (Å²) in [5, 5.41) is 0.994. The number of thioether (sulfide) groups is 1. The molecule has 1 aromatic heterocycles. The minimum Gasteiger partial charge on any atom is -0.337 e. The van der Waals surface area contributed by atoms with E-state index in [0.29, 0.717) is 12.3 Å². The van der Waals surface area contributed by atoms with Gasteiger partial charge in [-0.1, -0.05) is 12.1 Å². The normalized spacial score (nSPS) is 16.2. The Labute approximate surface area is 161 Å². The maximum atomic E-state index is 12.7. The van der Waals surface area contributed by atoms with E-state index in [1.807, 2.05) is 24.3 Å². The maximum Gasteiger partial charge on any atom is 0.242 e. The first-order valence-corrected chi connectivity index (χ1v) is 10.7. The van der Waals surface area contributed by atoms with E-state index in [1.54, 1.807) is 28.2 Å². The second-order valence-electron chi connectivity index (χ2n) is 6.67. The lowest BCUT2D eigenvalue weighted by atomic mass is 10.0. The van der Waals surface area contributed by atoms with Crippen LogP contribution >= 0.6 is 23.1 Å². The number of carbonyl (C=O) groups is 2. The fourth-order valence-corrected chi connectivity index (χ4v) is 5.49. The van der Waals surface area contributed by atoms with Crippen molar-refractivity contribution in [1.29, 1.82) is 0 Å². The highest BCUT2D eigenvalue weighted by atomic mass is 32.2. The number of rotatable bonds is 4. The molecule has 0 N–H and O–H groups in total. The van der Waals surface area contributed by atoms with Gasteiger partial charge in [-0.05, 0) is 37.8 Å². The third kappa shape index (κ3) is 3.50. The predicted molar refractivity (Wildman–Crippen MR) is 105 cm³/mol. The molecule has 1 aliphatic carbocycles. The van der Waals surface area contributed by atoms with Crippen molar-refractivity contribution in [3.8, 4) is 0 Å². The zero-order valence-electron chi connectivity index (χ0n) is 14.7. The molecule has 0 atom stereocenters. The molecule has 0 saturated carbocycles. The Balaban J connectivity index is 1.44. The predicted octanol–water partition coefficient (Wildman–Crippen LogP) is 3.12. The number of anilines is 1. The fraction of sp³-hybridized carbons (Fsp3) is 0.421. The zero-order valence-corrected chi connectivity index (χ0v) is 16.4. The molecule has 1 aliphatic heterocycles. The monoisotopic (exact) mass is 387 g/mol. The lowest BCUT2D eigenvalue weighted by Gasteiger charge is -2.29. The summed E-state index contributed by atoms with van der Waals surface area (Å²) in [6.07, 6.45) is 4.61. The lowest BCUT2D eigenvalue weighted by Crippen LogP contribution is -2.43. The Morgan fingerprint density at radius 2 is 2.08 bits per heavy atom. The number of hydrogen-bond donors (Lipinski definition) is 0. The van der Waals surface area contributed by atoms with E-state index in [2.05, 4.69) is 0 Å². The number of carbonyl (C=O) groups excluding carboxylic acids is 2. The maximum absolute atomic E-state index is 12.7. The second kappa shape index (κ2) is 7.40. The van der Waals surface area contributed by atoms with E-state index in [9.17, 15) is 9.59 Å². The number of aromatic nitrogens is 1. The van der Waals surface area contributed by atoms with E-state index in [-0.39, 0.29) is 18.4 Å². The van der Waals surface area contributed by atoms with E-state index in [0.717, 1.165) is 28.4 Å². The molecule has 136 valence electrons. The molecular formula is C19H21N3O2S2. The van der Waals surface area contributed by atoms with Crippen molar-refractivity contribution < 1.29 is 9.59 Å². The molecule has 0 radical (unpaired) electrons. The van der Waals surface area contributed by atoms with Gasteiger partial charge in [0, 0.05) is 16.8 Å². The summed E-state index contributed by atoms with van der Waals surface area (Å²) in [5.41, 5.74) is 2.05. The van der Waals surface area contributed by atoms with Crippen molar-refractivity contribution in [1.82, 2.24) is 9.88 Å².